The summed E-state index contributed by atoms with van der Waals surface area (Å²) in [6.07, 6.45) is 0. The van der Waals surface area contributed by atoms with Crippen LogP contribution in [-0.4, -0.2) is 0 Å². The fourth-order valence-corrected chi connectivity index (χ4v) is 10.8. The first-order valence-electron chi connectivity index (χ1n) is 20.1. The zero-order valence-corrected chi connectivity index (χ0v) is 32.8. The number of para-hydroxylation sites is 5. The predicted octanol–water partition coefficient (Wildman–Crippen LogP) is 15.5. The van der Waals surface area contributed by atoms with Crippen LogP contribution in [0.1, 0.15) is 22.3 Å². The molecule has 2 heterocycles. The maximum Gasteiger partial charge on any atom is 0.132 e. The van der Waals surface area contributed by atoms with E-state index in [1.165, 1.54) is 42.4 Å². The second-order valence-electron chi connectivity index (χ2n) is 15.2. The van der Waals surface area contributed by atoms with Crippen molar-refractivity contribution >= 4 is 65.6 Å². The number of hydrogen-bond donors (Lipinski definition) is 0. The van der Waals surface area contributed by atoms with Gasteiger partial charge in [0.25, 0.3) is 0 Å². The van der Waals surface area contributed by atoms with Gasteiger partial charge in [-0.25, -0.2) is 0 Å². The highest BCUT2D eigenvalue weighted by Gasteiger charge is 2.51. The Labute approximate surface area is 347 Å². The van der Waals surface area contributed by atoms with Crippen LogP contribution in [0.4, 0.5) is 34.1 Å². The zero-order chi connectivity index (χ0) is 38.9. The van der Waals surface area contributed by atoms with Gasteiger partial charge in [0.15, 0.2) is 0 Å². The third-order valence-corrected chi connectivity index (χ3v) is 13.2. The van der Waals surface area contributed by atoms with Gasteiger partial charge < -0.3 is 14.5 Å². The molecule has 0 radical (unpaired) electrons. The van der Waals surface area contributed by atoms with Crippen molar-refractivity contribution in [3.8, 4) is 22.6 Å². The van der Waals surface area contributed by atoms with Crippen LogP contribution in [-0.2, 0) is 5.41 Å². The van der Waals surface area contributed by atoms with Crippen LogP contribution in [0.3, 0.4) is 0 Å². The molecule has 1 aliphatic carbocycles. The number of nitrogens with zero attached hydrogens (tertiary/aromatic N) is 2. The third-order valence-electron chi connectivity index (χ3n) is 12.1. The van der Waals surface area contributed by atoms with E-state index in [4.69, 9.17) is 4.74 Å². The van der Waals surface area contributed by atoms with Crippen LogP contribution < -0.4 is 14.5 Å². The average Bonchev–Trinajstić information content (AvgIpc) is 3.81. The average molecular weight is 773 g/mol. The maximum atomic E-state index is 6.69. The van der Waals surface area contributed by atoms with E-state index in [0.29, 0.717) is 0 Å². The molecule has 12 rings (SSSR count). The Morgan fingerprint density at radius 3 is 1.47 bits per heavy atom. The summed E-state index contributed by atoms with van der Waals surface area (Å²) in [7, 11) is 0. The highest BCUT2D eigenvalue weighted by Crippen LogP contribution is 2.63. The van der Waals surface area contributed by atoms with Gasteiger partial charge in [0.2, 0.25) is 0 Å². The van der Waals surface area contributed by atoms with Crippen LogP contribution >= 0.6 is 11.3 Å². The first kappa shape index (κ1) is 33.7. The van der Waals surface area contributed by atoms with E-state index in [1.807, 2.05) is 11.3 Å². The lowest BCUT2D eigenvalue weighted by Crippen LogP contribution is -2.32. The largest absolute Gasteiger partial charge is 0.457 e. The number of thiophene rings is 1. The van der Waals surface area contributed by atoms with Crippen LogP contribution in [0, 0.1) is 0 Å². The topological polar surface area (TPSA) is 15.7 Å². The number of anilines is 6. The van der Waals surface area contributed by atoms with Gasteiger partial charge in [0.05, 0.1) is 16.8 Å². The number of benzene rings is 9. The summed E-state index contributed by atoms with van der Waals surface area (Å²) in [6.45, 7) is 0. The second-order valence-corrected chi connectivity index (χ2v) is 16.3. The summed E-state index contributed by atoms with van der Waals surface area (Å²) in [5.41, 5.74) is 13.2. The molecular formula is C55H36N2OS. The fraction of sp³-hybridized carbons (Fsp3) is 0.0182. The molecule has 0 saturated heterocycles. The third kappa shape index (κ3) is 5.07. The molecule has 0 saturated carbocycles. The van der Waals surface area contributed by atoms with Crippen molar-refractivity contribution in [2.75, 3.05) is 9.80 Å². The van der Waals surface area contributed by atoms with Gasteiger partial charge in [-0.05, 0) is 101 Å². The van der Waals surface area contributed by atoms with E-state index < -0.39 is 5.41 Å². The molecule has 0 N–H and O–H groups in total. The Morgan fingerprint density at radius 1 is 0.339 bits per heavy atom. The predicted molar refractivity (Wildman–Crippen MR) is 246 cm³/mol. The Kier molecular flexibility index (Phi) is 7.62. The minimum atomic E-state index is -0.591. The first-order chi connectivity index (χ1) is 29.3. The second kappa shape index (κ2) is 13.3. The molecule has 2 aliphatic rings. The molecule has 0 unspecified atom stereocenters. The van der Waals surface area contributed by atoms with Gasteiger partial charge in [0.1, 0.15) is 11.5 Å². The normalized spacial score (nSPS) is 13.0. The summed E-state index contributed by atoms with van der Waals surface area (Å²) in [6, 6.07) is 79.2. The summed E-state index contributed by atoms with van der Waals surface area (Å²) in [5, 5.41) is 2.50. The molecule has 1 aliphatic heterocycles. The quantitative estimate of drug-likeness (QED) is 0.167. The molecule has 9 aromatic carbocycles. The molecule has 1 aromatic heterocycles. The molecule has 0 amide bonds. The summed E-state index contributed by atoms with van der Waals surface area (Å²) >= 11 is 1.85. The first-order valence-corrected chi connectivity index (χ1v) is 20.9. The molecule has 59 heavy (non-hydrogen) atoms. The Balaban J connectivity index is 1.18. The molecular weight excluding hydrogens is 737 g/mol. The van der Waals surface area contributed by atoms with Crippen molar-refractivity contribution in [1.29, 1.82) is 0 Å². The fourth-order valence-electron chi connectivity index (χ4n) is 9.67. The summed E-state index contributed by atoms with van der Waals surface area (Å²) in [5.74, 6) is 1.77. The van der Waals surface area contributed by atoms with E-state index in [0.717, 1.165) is 56.8 Å². The smallest absolute Gasteiger partial charge is 0.132 e. The van der Waals surface area contributed by atoms with E-state index in [-0.39, 0.29) is 0 Å². The van der Waals surface area contributed by atoms with Gasteiger partial charge in [-0.1, -0.05) is 140 Å². The lowest BCUT2D eigenvalue weighted by atomic mass is 9.66. The number of ether oxygens (including phenoxy) is 1. The number of hydrogen-bond acceptors (Lipinski definition) is 4. The van der Waals surface area contributed by atoms with Crippen molar-refractivity contribution in [2.24, 2.45) is 0 Å². The molecule has 1 spiro atoms. The van der Waals surface area contributed by atoms with Gasteiger partial charge in [-0.3, -0.25) is 0 Å². The highest BCUT2D eigenvalue weighted by molar-refractivity contribution is 7.25. The lowest BCUT2D eigenvalue weighted by Gasteiger charge is -2.40. The Hall–Kier alpha value is -7.40. The van der Waals surface area contributed by atoms with Crippen molar-refractivity contribution in [2.45, 2.75) is 5.41 Å². The van der Waals surface area contributed by atoms with Crippen LogP contribution in [0.2, 0.25) is 0 Å². The van der Waals surface area contributed by atoms with Crippen molar-refractivity contribution in [3.05, 3.63) is 241 Å². The van der Waals surface area contributed by atoms with E-state index in [1.54, 1.807) is 0 Å². The SMILES string of the molecule is c1ccc(N(c2ccccc2)c2cc3sc4ccccc4c3cc2N(c2ccccc2)c2ccc3c(c2)C2(c4ccccc4Oc4ccccc42)c2ccccc2-3)cc1. The van der Waals surface area contributed by atoms with Crippen molar-refractivity contribution < 1.29 is 4.74 Å². The van der Waals surface area contributed by atoms with Gasteiger partial charge in [-0.2, -0.15) is 0 Å². The molecule has 0 bridgehead atoms. The molecule has 10 aromatic rings. The van der Waals surface area contributed by atoms with E-state index in [9.17, 15) is 0 Å². The van der Waals surface area contributed by atoms with Crippen LogP contribution in [0.25, 0.3) is 31.3 Å². The molecule has 0 fully saturated rings. The van der Waals surface area contributed by atoms with E-state index in [2.05, 4.69) is 228 Å². The Morgan fingerprint density at radius 2 is 0.831 bits per heavy atom. The van der Waals surface area contributed by atoms with Gasteiger partial charge in [0, 0.05) is 54.0 Å². The monoisotopic (exact) mass is 772 g/mol. The summed E-state index contributed by atoms with van der Waals surface area (Å²) < 4.78 is 9.21. The standard InChI is InChI=1S/C55H36N2OS/c1-4-18-37(19-5-1)56(38-20-6-2-7-21-38)50-36-54-44(43-25-11-17-31-53(43)59-54)35-49(50)57(39-22-8-3-9-23-39)40-32-33-42-41-24-10-12-26-45(41)55(48(42)34-40)46-27-13-15-29-51(46)58-52-30-16-14-28-47(52)55/h1-36H. The number of fused-ring (bicyclic) bond motifs is 12. The molecule has 278 valence electrons. The zero-order valence-electron chi connectivity index (χ0n) is 32.0. The molecule has 0 atom stereocenters. The maximum absolute atomic E-state index is 6.69. The highest BCUT2D eigenvalue weighted by atomic mass is 32.1. The van der Waals surface area contributed by atoms with Crippen LogP contribution in [0.15, 0.2) is 218 Å². The minimum absolute atomic E-state index is 0.591. The van der Waals surface area contributed by atoms with E-state index >= 15 is 0 Å². The Bertz CT molecular complexity index is 3130. The molecule has 3 nitrogen and oxygen atoms in total. The summed E-state index contributed by atoms with van der Waals surface area (Å²) in [4.78, 5) is 4.87. The van der Waals surface area contributed by atoms with Crippen LogP contribution in [0.5, 0.6) is 11.5 Å². The lowest BCUT2D eigenvalue weighted by molar-refractivity contribution is 0.436. The van der Waals surface area contributed by atoms with Crippen molar-refractivity contribution in [1.82, 2.24) is 0 Å². The number of rotatable bonds is 6. The van der Waals surface area contributed by atoms with Gasteiger partial charge in [-0.15, -0.1) is 11.3 Å². The minimum Gasteiger partial charge on any atom is -0.457 e. The van der Waals surface area contributed by atoms with Crippen molar-refractivity contribution in [3.63, 3.8) is 0 Å². The van der Waals surface area contributed by atoms with Gasteiger partial charge >= 0.3 is 0 Å². The molecule has 4 heteroatoms.